The molecule has 0 spiro atoms. The third-order valence-electron chi connectivity index (χ3n) is 8.37. The van der Waals surface area contributed by atoms with Crippen LogP contribution in [0.25, 0.3) is 0 Å². The minimum absolute atomic E-state index is 0.250. The number of anilines is 4. The monoisotopic (exact) mass is 516 g/mol. The van der Waals surface area contributed by atoms with Crippen LogP contribution in [0.2, 0.25) is 0 Å². The van der Waals surface area contributed by atoms with Gasteiger partial charge in [-0.1, -0.05) is 0 Å². The number of ether oxygens (including phenoxy) is 1. The molecule has 38 heavy (non-hydrogen) atoms. The zero-order valence-electron chi connectivity index (χ0n) is 22.0. The van der Waals surface area contributed by atoms with E-state index in [1.165, 1.54) is 36.9 Å². The van der Waals surface area contributed by atoms with E-state index in [0.717, 1.165) is 38.2 Å². The SMILES string of the molecule is CN1[C@@H]2CC[C@H]1CN(c1ccc(Nc3ncc(C#N)c(NCCCN4CCCOC4=O)n3)c(C3CC3)c1)C2. The highest BCUT2D eigenvalue weighted by atomic mass is 16.6. The molecule has 1 aliphatic carbocycles. The number of carbonyl (C=O) groups excluding carboxylic acids is 1. The van der Waals surface area contributed by atoms with Gasteiger partial charge in [0.25, 0.3) is 0 Å². The van der Waals surface area contributed by atoms with Crippen LogP contribution < -0.4 is 15.5 Å². The first-order valence-electron chi connectivity index (χ1n) is 13.9. The van der Waals surface area contributed by atoms with Crippen molar-refractivity contribution >= 4 is 29.2 Å². The molecule has 4 fully saturated rings. The fourth-order valence-corrected chi connectivity index (χ4v) is 5.97. The largest absolute Gasteiger partial charge is 0.449 e. The standard InChI is InChI=1S/C28H36N8O2/c1-34-22-6-7-23(34)18-36(17-22)21-8-9-25(24(14-21)19-4-5-19)32-27-31-16-20(15-29)26(33-27)30-10-2-11-35-12-3-13-38-28(35)37/h8-9,14,16,19,22-23H,2-7,10-13,17-18H2,1H3,(H2,30,31,32,33)/t22-,23+. The Morgan fingerprint density at radius 2 is 2.00 bits per heavy atom. The molecule has 1 saturated carbocycles. The Kier molecular flexibility index (Phi) is 6.94. The summed E-state index contributed by atoms with van der Waals surface area (Å²) in [4.78, 5) is 27.7. The first kappa shape index (κ1) is 24.7. The highest BCUT2D eigenvalue weighted by Crippen LogP contribution is 2.45. The number of aromatic nitrogens is 2. The molecule has 200 valence electrons. The van der Waals surface area contributed by atoms with Crippen LogP contribution in [0.15, 0.2) is 24.4 Å². The maximum Gasteiger partial charge on any atom is 0.409 e. The number of rotatable bonds is 9. The lowest BCUT2D eigenvalue weighted by Gasteiger charge is -2.40. The Balaban J connectivity index is 1.13. The van der Waals surface area contributed by atoms with Crippen molar-refractivity contribution in [3.8, 4) is 6.07 Å². The van der Waals surface area contributed by atoms with Crippen LogP contribution in [0.5, 0.6) is 0 Å². The van der Waals surface area contributed by atoms with Crippen LogP contribution in [-0.2, 0) is 4.74 Å². The highest BCUT2D eigenvalue weighted by molar-refractivity contribution is 5.68. The van der Waals surface area contributed by atoms with Crippen molar-refractivity contribution in [3.05, 3.63) is 35.5 Å². The van der Waals surface area contributed by atoms with Gasteiger partial charge in [-0.3, -0.25) is 4.90 Å². The summed E-state index contributed by atoms with van der Waals surface area (Å²) in [5, 5.41) is 16.3. The summed E-state index contributed by atoms with van der Waals surface area (Å²) in [7, 11) is 2.27. The molecule has 6 rings (SSSR count). The van der Waals surface area contributed by atoms with Gasteiger partial charge < -0.3 is 25.2 Å². The molecule has 4 heterocycles. The average molecular weight is 517 g/mol. The predicted octanol–water partition coefficient (Wildman–Crippen LogP) is 3.90. The second-order valence-corrected chi connectivity index (χ2v) is 10.9. The third-order valence-corrected chi connectivity index (χ3v) is 8.37. The number of hydrogen-bond acceptors (Lipinski definition) is 9. The molecule has 2 bridgehead atoms. The van der Waals surface area contributed by atoms with Crippen LogP contribution in [0, 0.1) is 11.3 Å². The molecule has 3 aliphatic heterocycles. The summed E-state index contributed by atoms with van der Waals surface area (Å²) in [6.45, 7) is 4.60. The molecular weight excluding hydrogens is 480 g/mol. The van der Waals surface area contributed by atoms with E-state index in [2.05, 4.69) is 61.7 Å². The van der Waals surface area contributed by atoms with Crippen molar-refractivity contribution in [1.82, 2.24) is 19.8 Å². The zero-order valence-corrected chi connectivity index (χ0v) is 22.0. The lowest BCUT2D eigenvalue weighted by molar-refractivity contribution is 0.0729. The number of cyclic esters (lactones) is 1. The van der Waals surface area contributed by atoms with Gasteiger partial charge in [-0.15, -0.1) is 0 Å². The Hall–Kier alpha value is -3.58. The maximum absolute atomic E-state index is 11.8. The summed E-state index contributed by atoms with van der Waals surface area (Å²) in [5.41, 5.74) is 4.07. The van der Waals surface area contributed by atoms with Crippen molar-refractivity contribution in [1.29, 1.82) is 5.26 Å². The van der Waals surface area contributed by atoms with E-state index in [-0.39, 0.29) is 6.09 Å². The van der Waals surface area contributed by atoms with Gasteiger partial charge in [0.2, 0.25) is 5.95 Å². The summed E-state index contributed by atoms with van der Waals surface area (Å²) in [6, 6.07) is 10.2. The number of hydrogen-bond donors (Lipinski definition) is 2. The number of nitrogens with zero attached hydrogens (tertiary/aromatic N) is 6. The molecule has 2 aromatic rings. The van der Waals surface area contributed by atoms with Gasteiger partial charge >= 0.3 is 6.09 Å². The average Bonchev–Trinajstić information content (AvgIpc) is 3.75. The molecule has 10 nitrogen and oxygen atoms in total. The van der Waals surface area contributed by atoms with Crippen LogP contribution in [0.3, 0.4) is 0 Å². The minimum atomic E-state index is -0.250. The lowest BCUT2D eigenvalue weighted by atomic mass is 10.1. The van der Waals surface area contributed by atoms with Crippen molar-refractivity contribution in [3.63, 3.8) is 0 Å². The summed E-state index contributed by atoms with van der Waals surface area (Å²) >= 11 is 0. The molecule has 4 aliphatic rings. The number of benzene rings is 1. The molecule has 1 amide bonds. The van der Waals surface area contributed by atoms with Crippen LogP contribution >= 0.6 is 0 Å². The first-order chi connectivity index (χ1) is 18.6. The van der Waals surface area contributed by atoms with Gasteiger partial charge in [-0.05, 0) is 75.3 Å². The molecule has 1 aromatic heterocycles. The van der Waals surface area contributed by atoms with E-state index in [4.69, 9.17) is 4.74 Å². The molecule has 2 atom stereocenters. The number of nitriles is 1. The van der Waals surface area contributed by atoms with Gasteiger partial charge in [0.05, 0.1) is 12.8 Å². The minimum Gasteiger partial charge on any atom is -0.449 e. The van der Waals surface area contributed by atoms with E-state index < -0.39 is 0 Å². The normalized spacial score (nSPS) is 23.2. The predicted molar refractivity (Wildman–Crippen MR) is 146 cm³/mol. The zero-order chi connectivity index (χ0) is 26.1. The van der Waals surface area contributed by atoms with Crippen LogP contribution in [0.4, 0.5) is 27.9 Å². The van der Waals surface area contributed by atoms with Gasteiger partial charge in [-0.2, -0.15) is 10.2 Å². The fraction of sp³-hybridized carbons (Fsp3) is 0.571. The number of amides is 1. The quantitative estimate of drug-likeness (QED) is 0.480. The Bertz CT molecular complexity index is 1210. The third kappa shape index (κ3) is 5.20. The Labute approximate surface area is 224 Å². The van der Waals surface area contributed by atoms with Gasteiger partial charge in [0, 0.05) is 56.2 Å². The number of piperazine rings is 1. The molecule has 10 heteroatoms. The molecular formula is C28H36N8O2. The van der Waals surface area contributed by atoms with Crippen molar-refractivity contribution < 1.29 is 9.53 Å². The van der Waals surface area contributed by atoms with E-state index in [0.29, 0.717) is 55.0 Å². The number of fused-ring (bicyclic) bond motifs is 2. The highest BCUT2D eigenvalue weighted by Gasteiger charge is 2.38. The molecule has 0 radical (unpaired) electrons. The van der Waals surface area contributed by atoms with Crippen LogP contribution in [0.1, 0.15) is 55.6 Å². The summed E-state index contributed by atoms with van der Waals surface area (Å²) in [6.07, 6.45) is 7.90. The molecule has 2 N–H and O–H groups in total. The van der Waals surface area contributed by atoms with Crippen molar-refractivity contribution in [2.24, 2.45) is 0 Å². The van der Waals surface area contributed by atoms with Crippen molar-refractivity contribution in [2.45, 2.75) is 56.5 Å². The molecule has 3 saturated heterocycles. The fourth-order valence-electron chi connectivity index (χ4n) is 5.97. The molecule has 1 aromatic carbocycles. The number of carbonyl (C=O) groups is 1. The smallest absolute Gasteiger partial charge is 0.409 e. The summed E-state index contributed by atoms with van der Waals surface area (Å²) in [5.74, 6) is 1.54. The van der Waals surface area contributed by atoms with Crippen molar-refractivity contribution in [2.75, 3.05) is 61.9 Å². The van der Waals surface area contributed by atoms with E-state index >= 15 is 0 Å². The van der Waals surface area contributed by atoms with E-state index in [9.17, 15) is 10.1 Å². The Morgan fingerprint density at radius 1 is 1.18 bits per heavy atom. The number of likely N-dealkylation sites (N-methyl/N-ethyl adjacent to an activating group) is 1. The van der Waals surface area contributed by atoms with Crippen LogP contribution in [-0.4, -0.2) is 84.3 Å². The Morgan fingerprint density at radius 3 is 2.74 bits per heavy atom. The second-order valence-electron chi connectivity index (χ2n) is 10.9. The van der Waals surface area contributed by atoms with Gasteiger partial charge in [0.1, 0.15) is 17.5 Å². The first-order valence-corrected chi connectivity index (χ1v) is 13.9. The lowest BCUT2D eigenvalue weighted by Crippen LogP contribution is -2.52. The summed E-state index contributed by atoms with van der Waals surface area (Å²) < 4.78 is 5.09. The number of nitrogens with one attached hydrogen (secondary N) is 2. The molecule has 0 unspecified atom stereocenters. The van der Waals surface area contributed by atoms with Gasteiger partial charge in [-0.25, -0.2) is 9.78 Å². The topological polar surface area (TPSA) is 110 Å². The van der Waals surface area contributed by atoms with Gasteiger partial charge in [0.15, 0.2) is 0 Å². The maximum atomic E-state index is 11.8. The second kappa shape index (κ2) is 10.7. The van der Waals surface area contributed by atoms with E-state index in [1.54, 1.807) is 11.1 Å². The van der Waals surface area contributed by atoms with E-state index in [1.807, 2.05) is 0 Å².